The van der Waals surface area contributed by atoms with Crippen molar-refractivity contribution in [2.45, 2.75) is 128 Å². The number of ether oxygens (including phenoxy) is 2. The van der Waals surface area contributed by atoms with Crippen LogP contribution in [0.2, 0.25) is 0 Å². The Morgan fingerprint density at radius 2 is 1.61 bits per heavy atom. The number of rotatable bonds is 18. The minimum Gasteiger partial charge on any atom is -0.449 e. The number of carbonyl (C=O) groups is 1. The largest absolute Gasteiger partial charge is 0.449 e. The highest BCUT2D eigenvalue weighted by Crippen LogP contribution is 2.28. The molecule has 0 radical (unpaired) electrons. The van der Waals surface area contributed by atoms with Gasteiger partial charge in [0.1, 0.15) is 12.2 Å². The first kappa shape index (κ1) is 31.9. The van der Waals surface area contributed by atoms with E-state index in [1.165, 1.54) is 64.7 Å². The van der Waals surface area contributed by atoms with Gasteiger partial charge in [0.15, 0.2) is 17.9 Å². The van der Waals surface area contributed by atoms with E-state index >= 15 is 0 Å². The molecule has 1 fully saturated rings. The Bertz CT molecular complexity index is 909. The van der Waals surface area contributed by atoms with Crippen LogP contribution in [0, 0.1) is 5.82 Å². The highest BCUT2D eigenvalue weighted by atomic mass is 19.1. The Balaban J connectivity index is 1.52. The standard InChI is InChI=1S/C28H46FN3O6/c1-3-4-5-6-7-8-9-10-11-12-13-14-15-16-17-18-19-37-28(36)31-25-22(29)20-32(27(35)30-25)26-24(34)23(33)21(2)38-26/h10-11,20-21,23-24,26,33-34H,3-9,12-19H2,1-2H3,(H,30,31,35,36)/b11-10-/t21-,23-,24+,26+/m0/s1. The van der Waals surface area contributed by atoms with Crippen LogP contribution in [-0.2, 0) is 9.47 Å². The number of halogens is 1. The maximum absolute atomic E-state index is 14.4. The fourth-order valence-corrected chi connectivity index (χ4v) is 4.42. The molecule has 10 heteroatoms. The fraction of sp³-hybridized carbons (Fsp3) is 0.750. The van der Waals surface area contributed by atoms with Crippen molar-refractivity contribution >= 4 is 11.9 Å². The number of anilines is 1. The topological polar surface area (TPSA) is 123 Å². The van der Waals surface area contributed by atoms with Crippen molar-refractivity contribution in [1.82, 2.24) is 9.55 Å². The summed E-state index contributed by atoms with van der Waals surface area (Å²) in [5.74, 6) is -1.57. The molecule has 3 N–H and O–H groups in total. The first-order valence-electron chi connectivity index (χ1n) is 14.2. The normalized spacial score (nSPS) is 21.3. The van der Waals surface area contributed by atoms with Gasteiger partial charge in [0.05, 0.1) is 18.9 Å². The van der Waals surface area contributed by atoms with E-state index in [0.717, 1.165) is 36.4 Å². The molecule has 4 atom stereocenters. The van der Waals surface area contributed by atoms with Crippen molar-refractivity contribution < 1.29 is 28.9 Å². The summed E-state index contributed by atoms with van der Waals surface area (Å²) in [6.45, 7) is 3.95. The number of nitrogens with one attached hydrogen (secondary N) is 1. The van der Waals surface area contributed by atoms with E-state index in [0.29, 0.717) is 6.42 Å². The summed E-state index contributed by atoms with van der Waals surface area (Å²) in [6, 6.07) is 0. The van der Waals surface area contributed by atoms with Crippen LogP contribution < -0.4 is 11.0 Å². The Hall–Kier alpha value is -2.30. The van der Waals surface area contributed by atoms with Crippen molar-refractivity contribution in [1.29, 1.82) is 0 Å². The molecule has 1 aliphatic heterocycles. The van der Waals surface area contributed by atoms with Crippen LogP contribution in [0.4, 0.5) is 15.0 Å². The maximum atomic E-state index is 14.4. The van der Waals surface area contributed by atoms with E-state index in [1.807, 2.05) is 0 Å². The molecule has 0 saturated carbocycles. The van der Waals surface area contributed by atoms with E-state index in [1.54, 1.807) is 0 Å². The van der Waals surface area contributed by atoms with Crippen LogP contribution in [0.1, 0.15) is 110 Å². The Morgan fingerprint density at radius 1 is 1.03 bits per heavy atom. The van der Waals surface area contributed by atoms with Gasteiger partial charge in [0, 0.05) is 0 Å². The monoisotopic (exact) mass is 539 g/mol. The van der Waals surface area contributed by atoms with Gasteiger partial charge in [-0.2, -0.15) is 4.98 Å². The first-order chi connectivity index (χ1) is 18.3. The third kappa shape index (κ3) is 11.2. The summed E-state index contributed by atoms with van der Waals surface area (Å²) in [5.41, 5.74) is -0.944. The second-order valence-corrected chi connectivity index (χ2v) is 10.0. The van der Waals surface area contributed by atoms with Gasteiger partial charge in [-0.25, -0.2) is 14.0 Å². The number of aliphatic hydroxyl groups is 2. The molecule has 0 aromatic carbocycles. The molecule has 9 nitrogen and oxygen atoms in total. The van der Waals surface area contributed by atoms with Crippen molar-refractivity contribution in [3.05, 3.63) is 34.7 Å². The second-order valence-electron chi connectivity index (χ2n) is 10.0. The summed E-state index contributed by atoms with van der Waals surface area (Å²) in [7, 11) is 0. The lowest BCUT2D eigenvalue weighted by Gasteiger charge is -2.17. The molecule has 1 aromatic heterocycles. The van der Waals surface area contributed by atoms with E-state index in [4.69, 9.17) is 9.47 Å². The predicted octanol–water partition coefficient (Wildman–Crippen LogP) is 5.61. The van der Waals surface area contributed by atoms with Gasteiger partial charge in [-0.1, -0.05) is 76.9 Å². The number of carbonyl (C=O) groups excluding carboxylic acids is 1. The minimum absolute atomic E-state index is 0.184. The molecule has 2 heterocycles. The molecule has 1 saturated heterocycles. The summed E-state index contributed by atoms with van der Waals surface area (Å²) in [5, 5.41) is 21.9. The smallest absolute Gasteiger partial charge is 0.412 e. The molecule has 1 aliphatic rings. The molecule has 216 valence electrons. The molecule has 0 unspecified atom stereocenters. The van der Waals surface area contributed by atoms with Crippen LogP contribution in [0.5, 0.6) is 0 Å². The third-order valence-electron chi connectivity index (χ3n) is 6.77. The van der Waals surface area contributed by atoms with E-state index < -0.39 is 48.0 Å². The number of allylic oxidation sites excluding steroid dienone is 2. The zero-order valence-electron chi connectivity index (χ0n) is 22.9. The van der Waals surface area contributed by atoms with E-state index in [9.17, 15) is 24.2 Å². The molecule has 2 rings (SSSR count). The quantitative estimate of drug-likeness (QED) is 0.164. The van der Waals surface area contributed by atoms with Gasteiger partial charge in [-0.15, -0.1) is 0 Å². The summed E-state index contributed by atoms with van der Waals surface area (Å²) in [4.78, 5) is 27.7. The Morgan fingerprint density at radius 3 is 2.18 bits per heavy atom. The molecule has 38 heavy (non-hydrogen) atoms. The van der Waals surface area contributed by atoms with Crippen LogP contribution in [0.15, 0.2) is 23.1 Å². The lowest BCUT2D eigenvalue weighted by atomic mass is 10.1. The van der Waals surface area contributed by atoms with Crippen LogP contribution in [-0.4, -0.2) is 50.8 Å². The summed E-state index contributed by atoms with van der Waals surface area (Å²) >= 11 is 0. The SMILES string of the molecule is CCCCCCCC/C=C\CCCCCCCCOC(=O)Nc1nc(=O)n([C@@H]2O[C@@H](C)[C@H](O)[C@H]2O)cc1F. The van der Waals surface area contributed by atoms with Crippen molar-refractivity contribution in [2.75, 3.05) is 11.9 Å². The average molecular weight is 540 g/mol. The molecular weight excluding hydrogens is 493 g/mol. The van der Waals surface area contributed by atoms with Crippen molar-refractivity contribution in [2.24, 2.45) is 0 Å². The van der Waals surface area contributed by atoms with Gasteiger partial charge < -0.3 is 19.7 Å². The number of unbranched alkanes of at least 4 members (excludes halogenated alkanes) is 12. The second kappa shape index (κ2) is 18.1. The number of aliphatic hydroxyl groups excluding tert-OH is 2. The van der Waals surface area contributed by atoms with Crippen LogP contribution >= 0.6 is 0 Å². The average Bonchev–Trinajstić information content (AvgIpc) is 3.14. The lowest BCUT2D eigenvalue weighted by molar-refractivity contribution is -0.0355. The molecule has 1 amide bonds. The zero-order valence-corrected chi connectivity index (χ0v) is 22.9. The van der Waals surface area contributed by atoms with Crippen LogP contribution in [0.3, 0.4) is 0 Å². The molecule has 1 aromatic rings. The third-order valence-corrected chi connectivity index (χ3v) is 6.77. The highest BCUT2D eigenvalue weighted by molar-refractivity contribution is 5.83. The van der Waals surface area contributed by atoms with Crippen molar-refractivity contribution in [3.63, 3.8) is 0 Å². The van der Waals surface area contributed by atoms with Gasteiger partial charge in [0.25, 0.3) is 0 Å². The summed E-state index contributed by atoms with van der Waals surface area (Å²) < 4.78 is 25.5. The fourth-order valence-electron chi connectivity index (χ4n) is 4.42. The highest BCUT2D eigenvalue weighted by Gasteiger charge is 2.42. The number of nitrogens with zero attached hydrogens (tertiary/aromatic N) is 2. The lowest BCUT2D eigenvalue weighted by Crippen LogP contribution is -2.36. The molecular formula is C28H46FN3O6. The minimum atomic E-state index is -1.41. The Labute approximate surface area is 225 Å². The number of amides is 1. The van der Waals surface area contributed by atoms with E-state index in [2.05, 4.69) is 29.4 Å². The number of hydrogen-bond acceptors (Lipinski definition) is 7. The van der Waals surface area contributed by atoms with Gasteiger partial charge in [0.2, 0.25) is 0 Å². The molecule has 0 spiro atoms. The van der Waals surface area contributed by atoms with Crippen LogP contribution in [0.25, 0.3) is 0 Å². The maximum Gasteiger partial charge on any atom is 0.412 e. The number of aromatic nitrogens is 2. The molecule has 0 aliphatic carbocycles. The zero-order chi connectivity index (χ0) is 27.8. The van der Waals surface area contributed by atoms with Gasteiger partial charge >= 0.3 is 11.8 Å². The van der Waals surface area contributed by atoms with Gasteiger partial charge in [-0.05, 0) is 39.0 Å². The Kier molecular flexibility index (Phi) is 15.2. The number of hydrogen-bond donors (Lipinski definition) is 3. The van der Waals surface area contributed by atoms with Crippen molar-refractivity contribution in [3.8, 4) is 0 Å². The molecule has 0 bridgehead atoms. The van der Waals surface area contributed by atoms with E-state index in [-0.39, 0.29) is 6.61 Å². The summed E-state index contributed by atoms with van der Waals surface area (Å²) in [6.07, 6.45) is 16.4. The predicted molar refractivity (Wildman–Crippen MR) is 144 cm³/mol. The van der Waals surface area contributed by atoms with Gasteiger partial charge in [-0.3, -0.25) is 9.88 Å². The first-order valence-corrected chi connectivity index (χ1v) is 14.2.